The predicted molar refractivity (Wildman–Crippen MR) is 161 cm³/mol. The molecule has 0 bridgehead atoms. The molecule has 0 fully saturated rings. The molecule has 5 rings (SSSR count). The summed E-state index contributed by atoms with van der Waals surface area (Å²) in [5.41, 5.74) is 6.21. The van der Waals surface area contributed by atoms with Crippen molar-refractivity contribution in [1.29, 1.82) is 0 Å². The van der Waals surface area contributed by atoms with E-state index in [1.165, 1.54) is 12.7 Å². The monoisotopic (exact) mass is 547 g/mol. The first kappa shape index (κ1) is 28.0. The summed E-state index contributed by atoms with van der Waals surface area (Å²) in [7, 11) is 2.23. The first-order valence-electron chi connectivity index (χ1n) is 14.0. The molecule has 1 atom stereocenters. The normalized spacial score (nSPS) is 13.7. The topological polar surface area (TPSA) is 65.1 Å². The summed E-state index contributed by atoms with van der Waals surface area (Å²) in [5.74, 6) is 0.961. The fourth-order valence-corrected chi connectivity index (χ4v) is 5.31. The van der Waals surface area contributed by atoms with Gasteiger partial charge in [-0.2, -0.15) is 0 Å². The number of hydrogen-bond donors (Lipinski definition) is 0. The Labute approximate surface area is 242 Å². The molecule has 7 heteroatoms. The van der Waals surface area contributed by atoms with Crippen LogP contribution in [0.25, 0.3) is 0 Å². The van der Waals surface area contributed by atoms with Crippen molar-refractivity contribution in [2.24, 2.45) is 0 Å². The Hall–Kier alpha value is -4.52. The highest BCUT2D eigenvalue weighted by molar-refractivity contribution is 6.51. The molecule has 0 radical (unpaired) electrons. The molecule has 0 heterocycles. The smallest absolute Gasteiger partial charge is 0.410 e. The minimum absolute atomic E-state index is 0.101. The predicted octanol–water partition coefficient (Wildman–Crippen LogP) is 6.13. The number of nitrogens with zero attached hydrogens (tertiary/aromatic N) is 1. The van der Waals surface area contributed by atoms with Crippen LogP contribution in [0.5, 0.6) is 11.5 Å². The average molecular weight is 547 g/mol. The molecular weight excluding hydrogens is 513 g/mol. The first-order chi connectivity index (χ1) is 20.0. The van der Waals surface area contributed by atoms with E-state index in [0.29, 0.717) is 18.0 Å². The highest BCUT2D eigenvalue weighted by atomic mass is 16.6. The van der Waals surface area contributed by atoms with E-state index in [1.807, 2.05) is 83.8 Å². The summed E-state index contributed by atoms with van der Waals surface area (Å²) >= 11 is 0. The zero-order chi connectivity index (χ0) is 28.6. The van der Waals surface area contributed by atoms with E-state index in [4.69, 9.17) is 14.2 Å². The van der Waals surface area contributed by atoms with E-state index in [-0.39, 0.29) is 31.1 Å². The standard InChI is InChI=1S/C34H34BNO5/c1-35-28-16-18-32(41-29-13-8-11-25(19-29)20-33(37)39-2)27(21-28)22-36(31-17-15-26-12-6-7-14-30(26)31)34(38)40-23-24-9-4-3-5-10-24/h3-14,16,18-19,21,31,35H,15,17,20,22-23H2,1-2H3/t31-/m0/s1. The van der Waals surface area contributed by atoms with Gasteiger partial charge >= 0.3 is 12.1 Å². The van der Waals surface area contributed by atoms with Crippen LogP contribution in [0.4, 0.5) is 4.79 Å². The maximum atomic E-state index is 13.7. The highest BCUT2D eigenvalue weighted by Gasteiger charge is 2.32. The van der Waals surface area contributed by atoms with Crippen LogP contribution in [0, 0.1) is 0 Å². The SMILES string of the molecule is CBc1ccc(Oc2cccc(CC(=O)OC)c2)c(CN(C(=O)OCc2ccccc2)[C@H]2CCc3ccccc32)c1. The van der Waals surface area contributed by atoms with Crippen LogP contribution >= 0.6 is 0 Å². The Morgan fingerprint density at radius 1 is 0.902 bits per heavy atom. The molecule has 1 amide bonds. The number of carbonyl (C=O) groups excluding carboxylic acids is 2. The van der Waals surface area contributed by atoms with Gasteiger partial charge in [-0.1, -0.05) is 91.1 Å². The lowest BCUT2D eigenvalue weighted by Gasteiger charge is -2.30. The van der Waals surface area contributed by atoms with Gasteiger partial charge in [0.15, 0.2) is 7.28 Å². The Morgan fingerprint density at radius 2 is 1.68 bits per heavy atom. The Morgan fingerprint density at radius 3 is 2.49 bits per heavy atom. The first-order valence-corrected chi connectivity index (χ1v) is 14.0. The molecule has 1 aliphatic rings. The lowest BCUT2D eigenvalue weighted by atomic mass is 9.73. The lowest BCUT2D eigenvalue weighted by Crippen LogP contribution is -2.34. The molecule has 6 nitrogen and oxygen atoms in total. The molecule has 0 spiro atoms. The van der Waals surface area contributed by atoms with Gasteiger partial charge in [-0.05, 0) is 53.3 Å². The van der Waals surface area contributed by atoms with Crippen LogP contribution in [-0.2, 0) is 40.3 Å². The van der Waals surface area contributed by atoms with Gasteiger partial charge in [0.1, 0.15) is 18.1 Å². The number of fused-ring (bicyclic) bond motifs is 1. The van der Waals surface area contributed by atoms with Gasteiger partial charge in [0.25, 0.3) is 0 Å². The summed E-state index contributed by atoms with van der Waals surface area (Å²) in [5, 5.41) is 0. The van der Waals surface area contributed by atoms with Crippen LogP contribution in [0.2, 0.25) is 6.82 Å². The van der Waals surface area contributed by atoms with Gasteiger partial charge in [0, 0.05) is 5.56 Å². The van der Waals surface area contributed by atoms with Crippen molar-refractivity contribution in [1.82, 2.24) is 4.90 Å². The molecular formula is C34H34BNO5. The number of aryl methyl sites for hydroxylation is 1. The zero-order valence-electron chi connectivity index (χ0n) is 23.5. The van der Waals surface area contributed by atoms with Crippen molar-refractivity contribution in [3.63, 3.8) is 0 Å². The molecule has 4 aromatic rings. The summed E-state index contributed by atoms with van der Waals surface area (Å²) in [6.45, 7) is 2.64. The second kappa shape index (κ2) is 13.2. The van der Waals surface area contributed by atoms with Gasteiger partial charge in [-0.25, -0.2) is 4.79 Å². The molecule has 0 unspecified atom stereocenters. The third-order valence-corrected chi connectivity index (χ3v) is 7.49. The molecule has 41 heavy (non-hydrogen) atoms. The third kappa shape index (κ3) is 6.98. The number of hydrogen-bond acceptors (Lipinski definition) is 5. The number of benzene rings is 4. The van der Waals surface area contributed by atoms with Crippen molar-refractivity contribution in [3.05, 3.63) is 125 Å². The van der Waals surface area contributed by atoms with Gasteiger partial charge in [0.2, 0.25) is 0 Å². The molecule has 4 aromatic carbocycles. The maximum Gasteiger partial charge on any atom is 0.410 e. The van der Waals surface area contributed by atoms with Gasteiger partial charge in [0.05, 0.1) is 26.1 Å². The van der Waals surface area contributed by atoms with Crippen molar-refractivity contribution in [3.8, 4) is 11.5 Å². The van der Waals surface area contributed by atoms with E-state index in [1.54, 1.807) is 0 Å². The number of rotatable bonds is 10. The summed E-state index contributed by atoms with van der Waals surface area (Å²) in [6, 6.07) is 31.5. The Kier molecular flexibility index (Phi) is 9.04. The largest absolute Gasteiger partial charge is 0.469 e. The number of ether oxygens (including phenoxy) is 3. The van der Waals surface area contributed by atoms with Gasteiger partial charge in [-0.3, -0.25) is 9.69 Å². The summed E-state index contributed by atoms with van der Waals surface area (Å²) < 4.78 is 17.1. The minimum atomic E-state index is -0.358. The molecule has 0 aliphatic heterocycles. The van der Waals surface area contributed by atoms with E-state index in [0.717, 1.165) is 47.8 Å². The number of amides is 1. The Balaban J connectivity index is 1.44. The zero-order valence-corrected chi connectivity index (χ0v) is 23.5. The average Bonchev–Trinajstić information content (AvgIpc) is 3.44. The fourth-order valence-electron chi connectivity index (χ4n) is 5.31. The van der Waals surface area contributed by atoms with Crippen LogP contribution in [0.1, 0.15) is 40.3 Å². The quantitative estimate of drug-likeness (QED) is 0.177. The second-order valence-electron chi connectivity index (χ2n) is 10.2. The van der Waals surface area contributed by atoms with E-state index < -0.39 is 0 Å². The minimum Gasteiger partial charge on any atom is -0.469 e. The third-order valence-electron chi connectivity index (χ3n) is 7.49. The van der Waals surface area contributed by atoms with Crippen LogP contribution in [0.15, 0.2) is 97.1 Å². The van der Waals surface area contributed by atoms with Crippen molar-refractivity contribution in [2.45, 2.75) is 45.3 Å². The molecule has 1 aliphatic carbocycles. The van der Waals surface area contributed by atoms with E-state index in [2.05, 4.69) is 25.0 Å². The molecule has 0 saturated carbocycles. The summed E-state index contributed by atoms with van der Waals surface area (Å²) in [6.07, 6.45) is 1.55. The molecule has 0 saturated heterocycles. The lowest BCUT2D eigenvalue weighted by molar-refractivity contribution is -0.139. The number of esters is 1. The van der Waals surface area contributed by atoms with Crippen molar-refractivity contribution >= 4 is 24.8 Å². The molecule has 0 aromatic heterocycles. The van der Waals surface area contributed by atoms with Crippen molar-refractivity contribution in [2.75, 3.05) is 7.11 Å². The molecule has 0 N–H and O–H groups in total. The van der Waals surface area contributed by atoms with Gasteiger partial charge < -0.3 is 14.2 Å². The van der Waals surface area contributed by atoms with E-state index in [9.17, 15) is 9.59 Å². The van der Waals surface area contributed by atoms with Gasteiger partial charge in [-0.15, -0.1) is 0 Å². The molecule has 208 valence electrons. The number of carbonyl (C=O) groups is 2. The summed E-state index contributed by atoms with van der Waals surface area (Å²) in [4.78, 5) is 27.4. The van der Waals surface area contributed by atoms with Crippen LogP contribution in [0.3, 0.4) is 0 Å². The number of methoxy groups -OCH3 is 1. The second-order valence-corrected chi connectivity index (χ2v) is 10.2. The van der Waals surface area contributed by atoms with Crippen LogP contribution in [-0.4, -0.2) is 31.4 Å². The highest BCUT2D eigenvalue weighted by Crippen LogP contribution is 2.38. The van der Waals surface area contributed by atoms with Crippen LogP contribution < -0.4 is 10.2 Å². The van der Waals surface area contributed by atoms with E-state index >= 15 is 0 Å². The fraction of sp³-hybridized carbons (Fsp3) is 0.235. The Bertz CT molecular complexity index is 1510. The maximum absolute atomic E-state index is 13.7. The van der Waals surface area contributed by atoms with Crippen molar-refractivity contribution < 1.29 is 23.8 Å².